The molecule has 2 aromatic carbocycles. The predicted molar refractivity (Wildman–Crippen MR) is 136 cm³/mol. The molecular weight excluding hydrogens is 465 g/mol. The molecule has 3 nitrogen and oxygen atoms in total. The maximum absolute atomic E-state index is 14.9. The number of esters is 1. The van der Waals surface area contributed by atoms with E-state index in [0.717, 1.165) is 37.5 Å². The molecule has 2 aliphatic carbocycles. The minimum Gasteiger partial charge on any atom is -0.490 e. The molecule has 0 saturated heterocycles. The SMILES string of the molecule is CCCCOc1ccc2cc(OC(=O)C3CCC(C4CCC(CCC)CC4)CC3)c(F)c(F)c2c1F. The lowest BCUT2D eigenvalue weighted by Gasteiger charge is -2.37. The summed E-state index contributed by atoms with van der Waals surface area (Å²) in [5.41, 5.74) is 0. The van der Waals surface area contributed by atoms with Crippen molar-refractivity contribution in [2.75, 3.05) is 6.61 Å². The number of hydrogen-bond acceptors (Lipinski definition) is 3. The van der Waals surface area contributed by atoms with E-state index in [1.54, 1.807) is 0 Å². The van der Waals surface area contributed by atoms with Crippen molar-refractivity contribution in [1.29, 1.82) is 0 Å². The van der Waals surface area contributed by atoms with Gasteiger partial charge in [0.2, 0.25) is 5.82 Å². The van der Waals surface area contributed by atoms with Crippen LogP contribution in [-0.2, 0) is 4.79 Å². The Morgan fingerprint density at radius 1 is 0.833 bits per heavy atom. The lowest BCUT2D eigenvalue weighted by molar-refractivity contribution is -0.140. The highest BCUT2D eigenvalue weighted by atomic mass is 19.2. The Bertz CT molecular complexity index is 1040. The highest BCUT2D eigenvalue weighted by Gasteiger charge is 2.34. The van der Waals surface area contributed by atoms with Crippen LogP contribution in [0.5, 0.6) is 11.5 Å². The zero-order valence-electron chi connectivity index (χ0n) is 21.6. The summed E-state index contributed by atoms with van der Waals surface area (Å²) in [5, 5.41) is -0.366. The average molecular weight is 505 g/mol. The minimum absolute atomic E-state index is 0.116. The van der Waals surface area contributed by atoms with Crippen LogP contribution in [0.15, 0.2) is 18.2 Å². The fourth-order valence-electron chi connectivity index (χ4n) is 6.22. The quantitative estimate of drug-likeness (QED) is 0.195. The highest BCUT2D eigenvalue weighted by molar-refractivity contribution is 5.88. The van der Waals surface area contributed by atoms with E-state index in [9.17, 15) is 18.0 Å². The summed E-state index contributed by atoms with van der Waals surface area (Å²) < 4.78 is 55.2. The number of carbonyl (C=O) groups is 1. The first-order valence-electron chi connectivity index (χ1n) is 13.9. The Hall–Kier alpha value is -2.24. The molecule has 0 atom stereocenters. The standard InChI is InChI=1S/C30H39F3O3/c1-3-5-17-35-24-16-15-23-18-25(28(32)29(33)26(23)27(24)31)36-30(34)22-13-11-21(12-14-22)20-9-7-19(6-4-2)8-10-20/h15-16,18-22H,3-14,17H2,1-2H3. The van der Waals surface area contributed by atoms with Crippen LogP contribution in [-0.4, -0.2) is 12.6 Å². The zero-order chi connectivity index (χ0) is 25.7. The molecule has 0 bridgehead atoms. The maximum atomic E-state index is 14.9. The minimum atomic E-state index is -1.36. The normalized spacial score (nSPS) is 24.6. The summed E-state index contributed by atoms with van der Waals surface area (Å²) in [7, 11) is 0. The topological polar surface area (TPSA) is 35.5 Å². The number of carbonyl (C=O) groups excluding carboxylic acids is 1. The van der Waals surface area contributed by atoms with Gasteiger partial charge in [0, 0.05) is 0 Å². The first-order chi connectivity index (χ1) is 17.4. The van der Waals surface area contributed by atoms with Crippen LogP contribution in [0.25, 0.3) is 10.8 Å². The third kappa shape index (κ3) is 6.00. The van der Waals surface area contributed by atoms with E-state index in [0.29, 0.717) is 25.4 Å². The van der Waals surface area contributed by atoms with Crippen LogP contribution in [0.1, 0.15) is 90.9 Å². The molecular formula is C30H39F3O3. The third-order valence-electron chi connectivity index (χ3n) is 8.38. The number of fused-ring (bicyclic) bond motifs is 1. The Labute approximate surface area is 212 Å². The van der Waals surface area contributed by atoms with Crippen molar-refractivity contribution >= 4 is 16.7 Å². The van der Waals surface area contributed by atoms with Gasteiger partial charge in [0.15, 0.2) is 23.1 Å². The Morgan fingerprint density at radius 2 is 1.50 bits per heavy atom. The van der Waals surface area contributed by atoms with E-state index in [1.807, 2.05) is 6.92 Å². The van der Waals surface area contributed by atoms with Crippen LogP contribution in [0.2, 0.25) is 0 Å². The molecule has 0 radical (unpaired) electrons. The number of unbranched alkanes of at least 4 members (excludes halogenated alkanes) is 1. The molecule has 0 heterocycles. The van der Waals surface area contributed by atoms with E-state index >= 15 is 0 Å². The maximum Gasteiger partial charge on any atom is 0.314 e. The second-order valence-corrected chi connectivity index (χ2v) is 10.8. The van der Waals surface area contributed by atoms with Crippen LogP contribution >= 0.6 is 0 Å². The molecule has 4 rings (SSSR count). The van der Waals surface area contributed by atoms with Gasteiger partial charge < -0.3 is 9.47 Å². The summed E-state index contributed by atoms with van der Waals surface area (Å²) in [5.74, 6) is -2.84. The Kier molecular flexibility index (Phi) is 9.19. The van der Waals surface area contributed by atoms with Crippen LogP contribution in [0.4, 0.5) is 13.2 Å². The van der Waals surface area contributed by atoms with E-state index in [1.165, 1.54) is 56.7 Å². The van der Waals surface area contributed by atoms with E-state index in [2.05, 4.69) is 6.92 Å². The van der Waals surface area contributed by atoms with Crippen LogP contribution in [0, 0.1) is 41.1 Å². The van der Waals surface area contributed by atoms with Gasteiger partial charge in [-0.15, -0.1) is 0 Å². The van der Waals surface area contributed by atoms with Gasteiger partial charge in [0.1, 0.15) is 0 Å². The average Bonchev–Trinajstić information content (AvgIpc) is 2.89. The lowest BCUT2D eigenvalue weighted by atomic mass is 9.69. The predicted octanol–water partition coefficient (Wildman–Crippen LogP) is 8.75. The van der Waals surface area contributed by atoms with Crippen molar-refractivity contribution in [1.82, 2.24) is 0 Å². The highest BCUT2D eigenvalue weighted by Crippen LogP contribution is 2.43. The first-order valence-corrected chi connectivity index (χ1v) is 13.9. The third-order valence-corrected chi connectivity index (χ3v) is 8.38. The van der Waals surface area contributed by atoms with Gasteiger partial charge in [-0.2, -0.15) is 4.39 Å². The second-order valence-electron chi connectivity index (χ2n) is 10.8. The Morgan fingerprint density at radius 3 is 2.14 bits per heavy atom. The fourth-order valence-corrected chi connectivity index (χ4v) is 6.22. The molecule has 2 aromatic rings. The number of rotatable bonds is 9. The van der Waals surface area contributed by atoms with Gasteiger partial charge in [-0.1, -0.05) is 52.0 Å². The monoisotopic (exact) mass is 504 g/mol. The fraction of sp³-hybridized carbons (Fsp3) is 0.633. The van der Waals surface area contributed by atoms with E-state index < -0.39 is 34.6 Å². The van der Waals surface area contributed by atoms with Crippen LogP contribution < -0.4 is 9.47 Å². The van der Waals surface area contributed by atoms with Gasteiger partial charge >= 0.3 is 5.97 Å². The van der Waals surface area contributed by atoms with Gasteiger partial charge in [-0.25, -0.2) is 8.78 Å². The van der Waals surface area contributed by atoms with Crippen LogP contribution in [0.3, 0.4) is 0 Å². The zero-order valence-corrected chi connectivity index (χ0v) is 21.6. The lowest BCUT2D eigenvalue weighted by Crippen LogP contribution is -2.30. The molecule has 0 aliphatic heterocycles. The van der Waals surface area contributed by atoms with E-state index in [4.69, 9.17) is 9.47 Å². The summed E-state index contributed by atoms with van der Waals surface area (Å²) in [6, 6.07) is 4.05. The van der Waals surface area contributed by atoms with Gasteiger partial charge in [0.25, 0.3) is 0 Å². The molecule has 6 heteroatoms. The molecule has 198 valence electrons. The molecule has 2 saturated carbocycles. The number of halogens is 3. The summed E-state index contributed by atoms with van der Waals surface area (Å²) in [4.78, 5) is 12.8. The molecule has 0 amide bonds. The molecule has 2 fully saturated rings. The van der Waals surface area contributed by atoms with Gasteiger partial charge in [0.05, 0.1) is 17.9 Å². The van der Waals surface area contributed by atoms with Crippen molar-refractivity contribution in [3.8, 4) is 11.5 Å². The number of hydrogen-bond donors (Lipinski definition) is 0. The van der Waals surface area contributed by atoms with Crippen molar-refractivity contribution < 1.29 is 27.4 Å². The second kappa shape index (κ2) is 12.3. The summed E-state index contributed by atoms with van der Waals surface area (Å²) in [6.07, 6.45) is 12.8. The van der Waals surface area contributed by atoms with Gasteiger partial charge in [-0.3, -0.25) is 4.79 Å². The van der Waals surface area contributed by atoms with Crippen molar-refractivity contribution in [2.24, 2.45) is 23.7 Å². The van der Waals surface area contributed by atoms with Gasteiger partial charge in [-0.05, 0) is 80.2 Å². The molecule has 0 aromatic heterocycles. The van der Waals surface area contributed by atoms with Crippen molar-refractivity contribution in [3.05, 3.63) is 35.7 Å². The molecule has 36 heavy (non-hydrogen) atoms. The molecule has 2 aliphatic rings. The van der Waals surface area contributed by atoms with Crippen molar-refractivity contribution in [3.63, 3.8) is 0 Å². The smallest absolute Gasteiger partial charge is 0.314 e. The largest absolute Gasteiger partial charge is 0.490 e. The summed E-state index contributed by atoms with van der Waals surface area (Å²) in [6.45, 7) is 4.52. The molecule has 0 spiro atoms. The molecule has 0 N–H and O–H groups in total. The first kappa shape index (κ1) is 26.8. The number of benzene rings is 2. The Balaban J connectivity index is 1.37. The van der Waals surface area contributed by atoms with E-state index in [-0.39, 0.29) is 17.1 Å². The van der Waals surface area contributed by atoms with Crippen molar-refractivity contribution in [2.45, 2.75) is 90.9 Å². The molecule has 0 unspecified atom stereocenters. The number of ether oxygens (including phenoxy) is 2. The summed E-state index contributed by atoms with van der Waals surface area (Å²) >= 11 is 0.